The summed E-state index contributed by atoms with van der Waals surface area (Å²) in [4.78, 5) is 4.05. The fourth-order valence-corrected chi connectivity index (χ4v) is 0.683. The van der Waals surface area contributed by atoms with E-state index in [1.807, 2.05) is 19.1 Å². The third-order valence-electron chi connectivity index (χ3n) is 1.23. The van der Waals surface area contributed by atoms with Crippen LogP contribution < -0.4 is 0 Å². The Bertz CT molecular complexity index is 215. The zero-order valence-electron chi connectivity index (χ0n) is 5.83. The largest absolute Gasteiger partial charge is 0.261 e. The van der Waals surface area contributed by atoms with Crippen LogP contribution in [0.1, 0.15) is 11.3 Å². The average Bonchev–Trinajstić information content (AvgIpc) is 1.95. The van der Waals surface area contributed by atoms with Gasteiger partial charge in [0.2, 0.25) is 0 Å². The van der Waals surface area contributed by atoms with Crippen molar-refractivity contribution in [3.63, 3.8) is 0 Å². The zero-order valence-corrected chi connectivity index (χ0v) is 5.83. The SMILES string of the molecule is Cc1ccc(CN=N)cn1. The van der Waals surface area contributed by atoms with Gasteiger partial charge in [0.25, 0.3) is 0 Å². The Balaban J connectivity index is 2.78. The maximum atomic E-state index is 6.59. The Morgan fingerprint density at radius 1 is 1.60 bits per heavy atom. The number of hydrogen-bond acceptors (Lipinski definition) is 3. The summed E-state index contributed by atoms with van der Waals surface area (Å²) in [6.45, 7) is 2.37. The van der Waals surface area contributed by atoms with Gasteiger partial charge in [-0.25, -0.2) is 5.53 Å². The van der Waals surface area contributed by atoms with E-state index in [2.05, 4.69) is 10.1 Å². The molecule has 1 rings (SSSR count). The number of hydrogen-bond donors (Lipinski definition) is 1. The first-order valence-electron chi connectivity index (χ1n) is 3.07. The lowest BCUT2D eigenvalue weighted by Gasteiger charge is -1.93. The Labute approximate surface area is 59.6 Å². The molecule has 3 nitrogen and oxygen atoms in total. The van der Waals surface area contributed by atoms with Crippen molar-refractivity contribution in [2.24, 2.45) is 5.11 Å². The van der Waals surface area contributed by atoms with Crippen LogP contribution in [0, 0.1) is 12.5 Å². The average molecular weight is 135 g/mol. The molecule has 1 N–H and O–H groups in total. The molecule has 10 heavy (non-hydrogen) atoms. The molecule has 1 heterocycles. The lowest BCUT2D eigenvalue weighted by molar-refractivity contribution is 0.898. The summed E-state index contributed by atoms with van der Waals surface area (Å²) in [6.07, 6.45) is 1.74. The molecule has 0 atom stereocenters. The summed E-state index contributed by atoms with van der Waals surface area (Å²) in [6, 6.07) is 3.85. The van der Waals surface area contributed by atoms with Crippen LogP contribution in [0.3, 0.4) is 0 Å². The highest BCUT2D eigenvalue weighted by atomic mass is 14.9. The Morgan fingerprint density at radius 3 is 2.90 bits per heavy atom. The van der Waals surface area contributed by atoms with Crippen LogP contribution >= 0.6 is 0 Å². The van der Waals surface area contributed by atoms with Gasteiger partial charge in [-0.1, -0.05) is 6.07 Å². The van der Waals surface area contributed by atoms with Crippen LogP contribution in [-0.2, 0) is 6.54 Å². The lowest BCUT2D eigenvalue weighted by atomic mass is 10.2. The second-order valence-electron chi connectivity index (χ2n) is 2.12. The highest BCUT2D eigenvalue weighted by molar-refractivity contribution is 5.12. The fourth-order valence-electron chi connectivity index (χ4n) is 0.683. The molecule has 0 unspecified atom stereocenters. The van der Waals surface area contributed by atoms with Gasteiger partial charge >= 0.3 is 0 Å². The molecule has 0 aliphatic rings. The van der Waals surface area contributed by atoms with E-state index >= 15 is 0 Å². The number of aromatic nitrogens is 1. The van der Waals surface area contributed by atoms with E-state index in [0.717, 1.165) is 11.3 Å². The Hall–Kier alpha value is -1.25. The fraction of sp³-hybridized carbons (Fsp3) is 0.286. The molecular weight excluding hydrogens is 126 g/mol. The van der Waals surface area contributed by atoms with E-state index in [0.29, 0.717) is 6.54 Å². The molecule has 0 saturated carbocycles. The van der Waals surface area contributed by atoms with E-state index in [1.165, 1.54) is 0 Å². The van der Waals surface area contributed by atoms with Crippen molar-refractivity contribution in [3.8, 4) is 0 Å². The molecule has 0 aromatic carbocycles. The first kappa shape index (κ1) is 6.86. The van der Waals surface area contributed by atoms with E-state index in [-0.39, 0.29) is 0 Å². The normalized spacial score (nSPS) is 9.30. The molecule has 1 aromatic rings. The molecule has 0 aliphatic heterocycles. The smallest absolute Gasteiger partial charge is 0.0861 e. The summed E-state index contributed by atoms with van der Waals surface area (Å²) >= 11 is 0. The molecule has 52 valence electrons. The maximum Gasteiger partial charge on any atom is 0.0861 e. The van der Waals surface area contributed by atoms with Gasteiger partial charge in [0, 0.05) is 11.9 Å². The van der Waals surface area contributed by atoms with Crippen molar-refractivity contribution in [2.45, 2.75) is 13.5 Å². The van der Waals surface area contributed by atoms with Crippen molar-refractivity contribution in [3.05, 3.63) is 29.6 Å². The van der Waals surface area contributed by atoms with Gasteiger partial charge in [0.15, 0.2) is 0 Å². The lowest BCUT2D eigenvalue weighted by Crippen LogP contribution is -1.84. The number of aryl methyl sites for hydroxylation is 1. The van der Waals surface area contributed by atoms with Crippen molar-refractivity contribution >= 4 is 0 Å². The van der Waals surface area contributed by atoms with Crippen molar-refractivity contribution in [1.82, 2.24) is 4.98 Å². The maximum absolute atomic E-state index is 6.59. The standard InChI is InChI=1S/C7H9N3/c1-6-2-3-7(4-9-6)5-10-8/h2-4,8H,5H2,1H3. The van der Waals surface area contributed by atoms with Gasteiger partial charge in [-0.15, -0.1) is 0 Å². The van der Waals surface area contributed by atoms with E-state index < -0.39 is 0 Å². The van der Waals surface area contributed by atoms with Gasteiger partial charge in [-0.2, -0.15) is 5.11 Å². The van der Waals surface area contributed by atoms with Gasteiger partial charge in [-0.05, 0) is 18.6 Å². The molecule has 0 aliphatic carbocycles. The highest BCUT2D eigenvalue weighted by Gasteiger charge is 1.88. The summed E-state index contributed by atoms with van der Waals surface area (Å²) in [5.74, 6) is 0. The van der Waals surface area contributed by atoms with Crippen LogP contribution in [0.25, 0.3) is 0 Å². The molecule has 0 saturated heterocycles. The Morgan fingerprint density at radius 2 is 2.40 bits per heavy atom. The zero-order chi connectivity index (χ0) is 7.40. The number of pyridine rings is 1. The molecule has 0 spiro atoms. The minimum absolute atomic E-state index is 0.438. The van der Waals surface area contributed by atoms with Crippen LogP contribution in [-0.4, -0.2) is 4.98 Å². The van der Waals surface area contributed by atoms with Crippen molar-refractivity contribution in [1.29, 1.82) is 5.53 Å². The van der Waals surface area contributed by atoms with Crippen molar-refractivity contribution in [2.75, 3.05) is 0 Å². The molecular formula is C7H9N3. The highest BCUT2D eigenvalue weighted by Crippen LogP contribution is 1.99. The summed E-state index contributed by atoms with van der Waals surface area (Å²) in [5, 5.41) is 3.25. The number of rotatable bonds is 2. The predicted octanol–water partition coefficient (Wildman–Crippen LogP) is 1.92. The molecule has 0 fully saturated rings. The monoisotopic (exact) mass is 135 g/mol. The van der Waals surface area contributed by atoms with E-state index in [4.69, 9.17) is 5.53 Å². The van der Waals surface area contributed by atoms with Gasteiger partial charge in [-0.3, -0.25) is 4.98 Å². The second kappa shape index (κ2) is 3.06. The Kier molecular flexibility index (Phi) is 2.10. The second-order valence-corrected chi connectivity index (χ2v) is 2.12. The van der Waals surface area contributed by atoms with Crippen LogP contribution in [0.15, 0.2) is 23.4 Å². The topological polar surface area (TPSA) is 49.1 Å². The van der Waals surface area contributed by atoms with Crippen LogP contribution in [0.2, 0.25) is 0 Å². The summed E-state index contributed by atoms with van der Waals surface area (Å²) in [5.41, 5.74) is 8.57. The van der Waals surface area contributed by atoms with Crippen molar-refractivity contribution < 1.29 is 0 Å². The van der Waals surface area contributed by atoms with Crippen LogP contribution in [0.5, 0.6) is 0 Å². The molecule has 0 amide bonds. The van der Waals surface area contributed by atoms with Crippen LogP contribution in [0.4, 0.5) is 0 Å². The molecule has 1 aromatic heterocycles. The molecule has 0 radical (unpaired) electrons. The van der Waals surface area contributed by atoms with E-state index in [1.54, 1.807) is 6.20 Å². The number of nitrogens with one attached hydrogen (secondary N) is 1. The number of nitrogens with zero attached hydrogens (tertiary/aromatic N) is 2. The third-order valence-corrected chi connectivity index (χ3v) is 1.23. The summed E-state index contributed by atoms with van der Waals surface area (Å²) in [7, 11) is 0. The van der Waals surface area contributed by atoms with Gasteiger partial charge < -0.3 is 0 Å². The molecule has 0 bridgehead atoms. The van der Waals surface area contributed by atoms with E-state index in [9.17, 15) is 0 Å². The quantitative estimate of drug-likeness (QED) is 0.619. The van der Waals surface area contributed by atoms with Gasteiger partial charge in [0.05, 0.1) is 6.54 Å². The summed E-state index contributed by atoms with van der Waals surface area (Å²) < 4.78 is 0. The van der Waals surface area contributed by atoms with Gasteiger partial charge in [0.1, 0.15) is 0 Å². The minimum Gasteiger partial charge on any atom is -0.261 e. The third kappa shape index (κ3) is 1.62. The first-order chi connectivity index (χ1) is 4.83. The molecule has 3 heteroatoms. The predicted molar refractivity (Wildman–Crippen MR) is 37.8 cm³/mol. The first-order valence-corrected chi connectivity index (χ1v) is 3.07. The minimum atomic E-state index is 0.438.